The van der Waals surface area contributed by atoms with Crippen LogP contribution in [0.3, 0.4) is 0 Å². The van der Waals surface area contributed by atoms with Gasteiger partial charge in [-0.05, 0) is 33.1 Å². The average molecular weight is 322 g/mol. The third kappa shape index (κ3) is 21.2. The molecule has 0 spiro atoms. The van der Waals surface area contributed by atoms with Gasteiger partial charge in [-0.3, -0.25) is 9.59 Å². The minimum Gasteiger partial charge on any atom is -0.481 e. The smallest absolute Gasteiger partial charge is 0.303 e. The second-order valence-electron chi connectivity index (χ2n) is 5.71. The second-order valence-corrected chi connectivity index (χ2v) is 5.71. The lowest BCUT2D eigenvalue weighted by Crippen LogP contribution is -2.36. The minimum atomic E-state index is -0.768. The molecule has 0 aromatic heterocycles. The van der Waals surface area contributed by atoms with Crippen molar-refractivity contribution in [2.24, 2.45) is 5.92 Å². The third-order valence-electron chi connectivity index (χ3n) is 3.04. The van der Waals surface area contributed by atoms with Crippen LogP contribution < -0.4 is 0 Å². The van der Waals surface area contributed by atoms with Gasteiger partial charge in [-0.1, -0.05) is 27.7 Å². The van der Waals surface area contributed by atoms with Gasteiger partial charge in [0.15, 0.2) is 0 Å². The van der Waals surface area contributed by atoms with Crippen molar-refractivity contribution in [2.75, 3.05) is 0 Å². The zero-order valence-electron chi connectivity index (χ0n) is 14.8. The first-order valence-electron chi connectivity index (χ1n) is 7.77. The Bertz CT molecular complexity index is 267. The largest absolute Gasteiger partial charge is 0.481 e. The lowest BCUT2D eigenvalue weighted by Gasteiger charge is -2.29. The zero-order chi connectivity index (χ0) is 18.3. The monoisotopic (exact) mass is 322 g/mol. The number of aliphatic hydroxyl groups is 2. The van der Waals surface area contributed by atoms with Gasteiger partial charge in [-0.15, -0.1) is 0 Å². The Balaban J connectivity index is -0.000000261. The number of hydrogen-bond donors (Lipinski definition) is 4. The summed E-state index contributed by atoms with van der Waals surface area (Å²) in [5, 5.41) is 34.6. The molecule has 2 unspecified atom stereocenters. The molecule has 0 rings (SSSR count). The van der Waals surface area contributed by atoms with Crippen molar-refractivity contribution in [3.8, 4) is 0 Å². The van der Waals surface area contributed by atoms with E-state index in [1.165, 1.54) is 0 Å². The van der Waals surface area contributed by atoms with Gasteiger partial charge >= 0.3 is 11.9 Å². The Hall–Kier alpha value is -1.14. The summed E-state index contributed by atoms with van der Waals surface area (Å²) >= 11 is 0. The van der Waals surface area contributed by atoms with Gasteiger partial charge < -0.3 is 20.4 Å². The average Bonchev–Trinajstić information content (AvgIpc) is 2.37. The summed E-state index contributed by atoms with van der Waals surface area (Å²) < 4.78 is 0. The summed E-state index contributed by atoms with van der Waals surface area (Å²) in [6.45, 7) is 10.9. The fourth-order valence-electron chi connectivity index (χ4n) is 1.25. The molecule has 6 heteroatoms. The van der Waals surface area contributed by atoms with E-state index < -0.39 is 17.5 Å². The molecule has 0 aliphatic carbocycles. The van der Waals surface area contributed by atoms with Crippen molar-refractivity contribution in [3.63, 3.8) is 0 Å². The Labute approximate surface area is 134 Å². The van der Waals surface area contributed by atoms with Crippen LogP contribution in [0.25, 0.3) is 0 Å². The van der Waals surface area contributed by atoms with Crippen molar-refractivity contribution < 1.29 is 30.0 Å². The Morgan fingerprint density at radius 1 is 0.955 bits per heavy atom. The number of aliphatic carboxylic acids is 2. The van der Waals surface area contributed by atoms with E-state index in [0.717, 1.165) is 12.8 Å². The van der Waals surface area contributed by atoms with E-state index in [2.05, 4.69) is 0 Å². The standard InChI is InChI=1S/C8H18O2.2C4H8O2/c1-5-7(9)6(2)8(3,4)10;2*1-2-3-4(5)6/h6-7,9-10H,5H2,1-4H3;2*2-3H2,1H3,(H,5,6). The van der Waals surface area contributed by atoms with E-state index in [0.29, 0.717) is 19.3 Å². The molecular formula is C16H34O6. The molecule has 0 bridgehead atoms. The van der Waals surface area contributed by atoms with E-state index in [4.69, 9.17) is 10.2 Å². The van der Waals surface area contributed by atoms with Crippen LogP contribution in [0.4, 0.5) is 0 Å². The highest BCUT2D eigenvalue weighted by atomic mass is 16.4. The van der Waals surface area contributed by atoms with Crippen LogP contribution in [0.2, 0.25) is 0 Å². The molecule has 0 aliphatic rings. The van der Waals surface area contributed by atoms with Crippen LogP contribution in [-0.2, 0) is 9.59 Å². The maximum Gasteiger partial charge on any atom is 0.303 e. The SMILES string of the molecule is CCC(O)C(C)C(C)(C)O.CCCC(=O)O.CCCC(=O)O. The molecule has 0 radical (unpaired) electrons. The van der Waals surface area contributed by atoms with E-state index in [1.54, 1.807) is 13.8 Å². The first-order valence-corrected chi connectivity index (χ1v) is 7.77. The number of carbonyl (C=O) groups is 2. The Morgan fingerprint density at radius 3 is 1.32 bits per heavy atom. The molecule has 0 amide bonds. The molecular weight excluding hydrogens is 288 g/mol. The molecule has 0 aromatic rings. The molecule has 22 heavy (non-hydrogen) atoms. The summed E-state index contributed by atoms with van der Waals surface area (Å²) in [5.74, 6) is -1.48. The van der Waals surface area contributed by atoms with Gasteiger partial charge in [-0.2, -0.15) is 0 Å². The molecule has 0 aliphatic heterocycles. The van der Waals surface area contributed by atoms with E-state index in [9.17, 15) is 19.8 Å². The summed E-state index contributed by atoms with van der Waals surface area (Å²) in [6, 6.07) is 0. The van der Waals surface area contributed by atoms with Crippen LogP contribution in [0.5, 0.6) is 0 Å². The van der Waals surface area contributed by atoms with E-state index >= 15 is 0 Å². The van der Waals surface area contributed by atoms with E-state index in [-0.39, 0.29) is 12.0 Å². The zero-order valence-corrected chi connectivity index (χ0v) is 14.8. The van der Waals surface area contributed by atoms with Crippen molar-refractivity contribution in [2.45, 2.75) is 85.4 Å². The number of hydrogen-bond acceptors (Lipinski definition) is 4. The third-order valence-corrected chi connectivity index (χ3v) is 3.04. The fraction of sp³-hybridized carbons (Fsp3) is 0.875. The normalized spacial score (nSPS) is 12.9. The van der Waals surface area contributed by atoms with Crippen LogP contribution in [-0.4, -0.2) is 44.1 Å². The fourth-order valence-corrected chi connectivity index (χ4v) is 1.25. The lowest BCUT2D eigenvalue weighted by molar-refractivity contribution is -0.138. The minimum absolute atomic E-state index is 0.0579. The van der Waals surface area contributed by atoms with Gasteiger partial charge in [0.05, 0.1) is 11.7 Å². The highest BCUT2D eigenvalue weighted by molar-refractivity contribution is 5.66. The quantitative estimate of drug-likeness (QED) is 0.573. The highest BCUT2D eigenvalue weighted by Gasteiger charge is 2.27. The predicted molar refractivity (Wildman–Crippen MR) is 86.8 cm³/mol. The summed E-state index contributed by atoms with van der Waals surface area (Å²) in [5.41, 5.74) is -0.768. The van der Waals surface area contributed by atoms with Crippen LogP contribution in [0, 0.1) is 5.92 Å². The maximum atomic E-state index is 9.60. The molecule has 4 N–H and O–H groups in total. The number of carboxylic acid groups (broad SMARTS) is 2. The Morgan fingerprint density at radius 2 is 1.27 bits per heavy atom. The van der Waals surface area contributed by atoms with Gasteiger partial charge in [0.2, 0.25) is 0 Å². The van der Waals surface area contributed by atoms with Crippen molar-refractivity contribution in [3.05, 3.63) is 0 Å². The molecule has 0 aromatic carbocycles. The first kappa shape index (κ1) is 25.8. The van der Waals surface area contributed by atoms with Crippen LogP contribution in [0.1, 0.15) is 73.6 Å². The van der Waals surface area contributed by atoms with Gasteiger partial charge in [0, 0.05) is 18.8 Å². The van der Waals surface area contributed by atoms with Gasteiger partial charge in [-0.25, -0.2) is 0 Å². The number of rotatable bonds is 7. The van der Waals surface area contributed by atoms with Crippen molar-refractivity contribution in [1.29, 1.82) is 0 Å². The number of aliphatic hydroxyl groups excluding tert-OH is 1. The molecule has 0 saturated carbocycles. The summed E-state index contributed by atoms with van der Waals surface area (Å²) in [6.07, 6.45) is 2.36. The summed E-state index contributed by atoms with van der Waals surface area (Å²) in [4.78, 5) is 19.2. The van der Waals surface area contributed by atoms with Crippen LogP contribution in [0.15, 0.2) is 0 Å². The molecule has 6 nitrogen and oxygen atoms in total. The van der Waals surface area contributed by atoms with Crippen LogP contribution >= 0.6 is 0 Å². The Kier molecular flexibility index (Phi) is 17.3. The van der Waals surface area contributed by atoms with Crippen molar-refractivity contribution >= 4 is 11.9 Å². The second kappa shape index (κ2) is 14.8. The predicted octanol–water partition coefficient (Wildman–Crippen LogP) is 2.91. The molecule has 134 valence electrons. The van der Waals surface area contributed by atoms with Crippen molar-refractivity contribution in [1.82, 2.24) is 0 Å². The number of carboxylic acids is 2. The molecule has 0 heterocycles. The highest BCUT2D eigenvalue weighted by Crippen LogP contribution is 2.20. The van der Waals surface area contributed by atoms with Gasteiger partial charge in [0.25, 0.3) is 0 Å². The van der Waals surface area contributed by atoms with E-state index in [1.807, 2.05) is 27.7 Å². The first-order chi connectivity index (χ1) is 9.93. The molecule has 0 fully saturated rings. The molecule has 0 saturated heterocycles. The maximum absolute atomic E-state index is 9.60. The lowest BCUT2D eigenvalue weighted by atomic mass is 9.87. The molecule has 2 atom stereocenters. The topological polar surface area (TPSA) is 115 Å². The summed E-state index contributed by atoms with van der Waals surface area (Å²) in [7, 11) is 0. The van der Waals surface area contributed by atoms with Gasteiger partial charge in [0.1, 0.15) is 0 Å².